The Bertz CT molecular complexity index is 2530. The second kappa shape index (κ2) is 24.1. The fourth-order valence-corrected chi connectivity index (χ4v) is 7.57. The van der Waals surface area contributed by atoms with E-state index in [1.165, 1.54) is 5.56 Å². The molecule has 0 saturated carbocycles. The molecule has 9 nitrogen and oxygen atoms in total. The van der Waals surface area contributed by atoms with E-state index in [-0.39, 0.29) is 6.61 Å². The van der Waals surface area contributed by atoms with Crippen molar-refractivity contribution < 1.29 is 33.5 Å². The number of rotatable bonds is 25. The summed E-state index contributed by atoms with van der Waals surface area (Å²) in [5, 5.41) is 10.3. The molecule has 0 fully saturated rings. The largest absolute Gasteiger partial charge is 0.493 e. The van der Waals surface area contributed by atoms with Crippen molar-refractivity contribution in [3.8, 4) is 34.5 Å². The van der Waals surface area contributed by atoms with Crippen LogP contribution in [0.3, 0.4) is 0 Å². The number of hydrogen-bond donors (Lipinski definition) is 1. The van der Waals surface area contributed by atoms with Gasteiger partial charge in [-0.3, -0.25) is 0 Å². The SMILES string of the molecule is C=CCOc1ccc(COc2ccc(COc3ccc(CO)cc3N(CC)Cc3cc(OCc4ccccc4)cc(OCc4ccccc4)c3)cc2N(CC)Cc2ccccc2)cc1OC. The predicted octanol–water partition coefficient (Wildman–Crippen LogP) is 12.1. The van der Waals surface area contributed by atoms with Gasteiger partial charge >= 0.3 is 0 Å². The molecule has 9 heteroatoms. The van der Waals surface area contributed by atoms with Crippen LogP contribution in [-0.2, 0) is 46.1 Å². The lowest BCUT2D eigenvalue weighted by Gasteiger charge is -2.28. The molecule has 0 aliphatic carbocycles. The van der Waals surface area contributed by atoms with Gasteiger partial charge in [0, 0.05) is 32.2 Å². The van der Waals surface area contributed by atoms with E-state index in [4.69, 9.17) is 28.4 Å². The van der Waals surface area contributed by atoms with Crippen molar-refractivity contribution in [2.45, 2.75) is 60.0 Å². The van der Waals surface area contributed by atoms with Crippen molar-refractivity contribution in [3.05, 3.63) is 215 Å². The zero-order valence-corrected chi connectivity index (χ0v) is 38.2. The maximum Gasteiger partial charge on any atom is 0.161 e. The molecule has 0 atom stereocenters. The molecule has 66 heavy (non-hydrogen) atoms. The standard InChI is InChI=1S/C57H60N2O7/c1-5-29-62-56-28-25-48(34-57(56)61-4)42-66-55-27-24-47(33-53(55)58(6-2)36-43-17-11-8-12-18-43)41-65-54-26-23-46(38-60)32-52(54)59(7-3)37-49-30-50(63-39-44-19-13-9-14-20-44)35-51(31-49)64-40-45-21-15-10-16-22-45/h5,8-28,30-35,60H,1,6-7,29,36-42H2,2-4H3. The van der Waals surface area contributed by atoms with Crippen LogP contribution in [0.25, 0.3) is 0 Å². The van der Waals surface area contributed by atoms with Gasteiger partial charge in [0.2, 0.25) is 0 Å². The molecule has 7 rings (SSSR count). The molecular formula is C57H60N2O7. The summed E-state index contributed by atoms with van der Waals surface area (Å²) in [4.78, 5) is 4.57. The lowest BCUT2D eigenvalue weighted by atomic mass is 10.1. The molecule has 0 heterocycles. The maximum absolute atomic E-state index is 10.3. The highest BCUT2D eigenvalue weighted by Gasteiger charge is 2.18. The van der Waals surface area contributed by atoms with Gasteiger partial charge in [-0.05, 0) is 101 Å². The van der Waals surface area contributed by atoms with Gasteiger partial charge in [-0.1, -0.05) is 122 Å². The molecule has 0 bridgehead atoms. The summed E-state index contributed by atoms with van der Waals surface area (Å²) in [5.41, 5.74) is 8.94. The zero-order chi connectivity index (χ0) is 45.9. The fraction of sp³-hybridized carbons (Fsp3) is 0.228. The minimum atomic E-state index is -0.0930. The van der Waals surface area contributed by atoms with Gasteiger partial charge in [0.25, 0.3) is 0 Å². The number of hydrogen-bond acceptors (Lipinski definition) is 9. The summed E-state index contributed by atoms with van der Waals surface area (Å²) in [7, 11) is 1.63. The van der Waals surface area contributed by atoms with Gasteiger partial charge in [-0.25, -0.2) is 0 Å². The molecule has 0 saturated heterocycles. The predicted molar refractivity (Wildman–Crippen MR) is 264 cm³/mol. The Kier molecular flexibility index (Phi) is 17.0. The van der Waals surface area contributed by atoms with E-state index in [1.54, 1.807) is 13.2 Å². The molecular weight excluding hydrogens is 825 g/mol. The Morgan fingerprint density at radius 3 is 1.39 bits per heavy atom. The van der Waals surface area contributed by atoms with Gasteiger partial charge in [-0.15, -0.1) is 0 Å². The monoisotopic (exact) mass is 884 g/mol. The lowest BCUT2D eigenvalue weighted by molar-refractivity contribution is 0.280. The first-order valence-corrected chi connectivity index (χ1v) is 22.5. The van der Waals surface area contributed by atoms with Crippen LogP contribution in [0.4, 0.5) is 11.4 Å². The highest BCUT2D eigenvalue weighted by molar-refractivity contribution is 5.62. The Balaban J connectivity index is 1.13. The number of methoxy groups -OCH3 is 1. The Hall–Kier alpha value is -7.36. The molecule has 0 spiro atoms. The maximum atomic E-state index is 10.3. The van der Waals surface area contributed by atoms with E-state index in [2.05, 4.69) is 103 Å². The van der Waals surface area contributed by atoms with Crippen molar-refractivity contribution >= 4 is 11.4 Å². The minimum Gasteiger partial charge on any atom is -0.493 e. The van der Waals surface area contributed by atoms with Gasteiger partial charge < -0.3 is 43.3 Å². The van der Waals surface area contributed by atoms with E-state index in [0.717, 1.165) is 68.5 Å². The smallest absolute Gasteiger partial charge is 0.161 e. The molecule has 0 aromatic heterocycles. The molecule has 7 aromatic rings. The summed E-state index contributed by atoms with van der Waals surface area (Å²) < 4.78 is 37.4. The minimum absolute atomic E-state index is 0.0930. The molecule has 0 aliphatic rings. The van der Waals surface area contributed by atoms with Crippen molar-refractivity contribution in [1.29, 1.82) is 0 Å². The Morgan fingerprint density at radius 1 is 0.439 bits per heavy atom. The van der Waals surface area contributed by atoms with Crippen molar-refractivity contribution in [2.75, 3.05) is 36.6 Å². The molecule has 0 radical (unpaired) electrons. The molecule has 1 N–H and O–H groups in total. The highest BCUT2D eigenvalue weighted by Crippen LogP contribution is 2.36. The third kappa shape index (κ3) is 13.1. The third-order valence-electron chi connectivity index (χ3n) is 11.1. The van der Waals surface area contributed by atoms with Gasteiger partial charge in [0.15, 0.2) is 11.5 Å². The molecule has 0 amide bonds. The van der Waals surface area contributed by atoms with Crippen LogP contribution in [0.5, 0.6) is 34.5 Å². The average Bonchev–Trinajstić information content (AvgIpc) is 3.37. The normalized spacial score (nSPS) is 10.8. The van der Waals surface area contributed by atoms with Crippen LogP contribution in [0.1, 0.15) is 52.8 Å². The highest BCUT2D eigenvalue weighted by atomic mass is 16.5. The summed E-state index contributed by atoms with van der Waals surface area (Å²) in [6.07, 6.45) is 1.71. The zero-order valence-electron chi connectivity index (χ0n) is 38.2. The van der Waals surface area contributed by atoms with E-state index in [0.29, 0.717) is 69.9 Å². The van der Waals surface area contributed by atoms with Crippen LogP contribution in [0.15, 0.2) is 176 Å². The Morgan fingerprint density at radius 2 is 0.894 bits per heavy atom. The summed E-state index contributed by atoms with van der Waals surface area (Å²) in [6.45, 7) is 12.5. The van der Waals surface area contributed by atoms with Crippen molar-refractivity contribution in [3.63, 3.8) is 0 Å². The molecule has 340 valence electrons. The summed E-state index contributed by atoms with van der Waals surface area (Å²) in [5.74, 6) is 4.20. The summed E-state index contributed by atoms with van der Waals surface area (Å²) >= 11 is 0. The first-order chi connectivity index (χ1) is 32.4. The van der Waals surface area contributed by atoms with Crippen LogP contribution in [0, 0.1) is 0 Å². The molecule has 0 unspecified atom stereocenters. The number of nitrogens with zero attached hydrogens (tertiary/aromatic N) is 2. The topological polar surface area (TPSA) is 82.1 Å². The number of anilines is 2. The van der Waals surface area contributed by atoms with E-state index in [9.17, 15) is 5.11 Å². The summed E-state index contributed by atoms with van der Waals surface area (Å²) in [6, 6.07) is 54.8. The number of aliphatic hydroxyl groups is 1. The second-order valence-electron chi connectivity index (χ2n) is 15.8. The first kappa shape index (κ1) is 46.6. The number of ether oxygens (including phenoxy) is 6. The second-order valence-corrected chi connectivity index (χ2v) is 15.8. The van der Waals surface area contributed by atoms with Gasteiger partial charge in [0.05, 0.1) is 25.1 Å². The molecule has 0 aliphatic heterocycles. The first-order valence-electron chi connectivity index (χ1n) is 22.5. The van der Waals surface area contributed by atoms with E-state index >= 15 is 0 Å². The lowest BCUT2D eigenvalue weighted by Crippen LogP contribution is -2.23. The van der Waals surface area contributed by atoms with Gasteiger partial charge in [0.1, 0.15) is 56.0 Å². The number of benzene rings is 7. The van der Waals surface area contributed by atoms with Crippen LogP contribution in [-0.4, -0.2) is 31.9 Å². The number of aliphatic hydroxyl groups excluding tert-OH is 1. The van der Waals surface area contributed by atoms with Crippen LogP contribution >= 0.6 is 0 Å². The average molecular weight is 885 g/mol. The molecule has 7 aromatic carbocycles. The van der Waals surface area contributed by atoms with E-state index in [1.807, 2.05) is 91.0 Å². The fourth-order valence-electron chi connectivity index (χ4n) is 7.57. The van der Waals surface area contributed by atoms with Crippen LogP contribution in [0.2, 0.25) is 0 Å². The van der Waals surface area contributed by atoms with Crippen molar-refractivity contribution in [1.82, 2.24) is 0 Å². The van der Waals surface area contributed by atoms with Crippen LogP contribution < -0.4 is 38.2 Å². The quantitative estimate of drug-likeness (QED) is 0.0564. The van der Waals surface area contributed by atoms with E-state index < -0.39 is 0 Å². The third-order valence-corrected chi connectivity index (χ3v) is 11.1. The van der Waals surface area contributed by atoms with Crippen molar-refractivity contribution in [2.24, 2.45) is 0 Å². The van der Waals surface area contributed by atoms with Gasteiger partial charge in [-0.2, -0.15) is 0 Å². The Labute approximate surface area is 390 Å².